The van der Waals surface area contributed by atoms with Gasteiger partial charge < -0.3 is 15.4 Å². The summed E-state index contributed by atoms with van der Waals surface area (Å²) < 4.78 is 17.5. The van der Waals surface area contributed by atoms with Crippen molar-refractivity contribution >= 4 is 7.37 Å². The highest BCUT2D eigenvalue weighted by Crippen LogP contribution is 2.69. The maximum Gasteiger partial charge on any atom is 0.224 e. The predicted octanol–water partition coefficient (Wildman–Crippen LogP) is 2.33. The fourth-order valence-electron chi connectivity index (χ4n) is 2.15. The molecule has 3 unspecified atom stereocenters. The summed E-state index contributed by atoms with van der Waals surface area (Å²) in [6.07, 6.45) is 2.27. The molecule has 0 heterocycles. The van der Waals surface area contributed by atoms with Gasteiger partial charge in [0.25, 0.3) is 0 Å². The molecule has 1 aliphatic carbocycles. The number of methoxy groups -OCH3 is 1. The van der Waals surface area contributed by atoms with E-state index in [2.05, 4.69) is 6.58 Å². The Labute approximate surface area is 107 Å². The van der Waals surface area contributed by atoms with Crippen LogP contribution in [0.4, 0.5) is 0 Å². The average Bonchev–Trinajstić information content (AvgIpc) is 3.02. The first kappa shape index (κ1) is 13.3. The van der Waals surface area contributed by atoms with Crippen molar-refractivity contribution in [2.45, 2.75) is 17.9 Å². The molecule has 4 nitrogen and oxygen atoms in total. The zero-order valence-corrected chi connectivity index (χ0v) is 11.3. The molecule has 1 aromatic rings. The largest absolute Gasteiger partial charge is 0.497 e. The van der Waals surface area contributed by atoms with Crippen molar-refractivity contribution in [1.29, 1.82) is 0 Å². The summed E-state index contributed by atoms with van der Waals surface area (Å²) in [5, 5.41) is -0.988. The van der Waals surface area contributed by atoms with Crippen LogP contribution in [0.25, 0.3) is 0 Å². The van der Waals surface area contributed by atoms with Crippen molar-refractivity contribution in [3.05, 3.63) is 42.5 Å². The highest BCUT2D eigenvalue weighted by Gasteiger charge is 2.61. The Balaban J connectivity index is 2.18. The molecular formula is C13H18NO3P. The van der Waals surface area contributed by atoms with Gasteiger partial charge in [-0.2, -0.15) is 0 Å². The van der Waals surface area contributed by atoms with Gasteiger partial charge in [0, 0.05) is 5.92 Å². The smallest absolute Gasteiger partial charge is 0.224 e. The van der Waals surface area contributed by atoms with E-state index < -0.39 is 12.6 Å². The Morgan fingerprint density at radius 1 is 1.72 bits per heavy atom. The third kappa shape index (κ3) is 2.24. The van der Waals surface area contributed by atoms with E-state index in [0.29, 0.717) is 12.2 Å². The molecule has 3 N–H and O–H groups in total. The summed E-state index contributed by atoms with van der Waals surface area (Å²) in [6, 6.07) is 7.17. The van der Waals surface area contributed by atoms with Gasteiger partial charge in [-0.05, 0) is 24.1 Å². The lowest BCUT2D eigenvalue weighted by atomic mass is 10.2. The summed E-state index contributed by atoms with van der Waals surface area (Å²) in [7, 11) is -1.87. The molecule has 1 aromatic carbocycles. The summed E-state index contributed by atoms with van der Waals surface area (Å²) >= 11 is 0. The molecular weight excluding hydrogens is 249 g/mol. The number of hydrogen-bond acceptors (Lipinski definition) is 3. The van der Waals surface area contributed by atoms with Gasteiger partial charge in [-0.15, -0.1) is 6.58 Å². The summed E-state index contributed by atoms with van der Waals surface area (Å²) in [6.45, 7) is 3.63. The minimum Gasteiger partial charge on any atom is -0.497 e. The van der Waals surface area contributed by atoms with E-state index in [-0.39, 0.29) is 12.1 Å². The lowest BCUT2D eigenvalue weighted by Gasteiger charge is -2.19. The van der Waals surface area contributed by atoms with Crippen LogP contribution in [0.3, 0.4) is 0 Å². The number of ether oxygens (including phenoxy) is 1. The standard InChI is InChI=1S/C13H18NO3P/c1-3-11-8-13(11,14)18(15,16)9-10-5-4-6-12(7-10)17-2/h3-7,11H,1,8-9,14H2,2H3,(H,15,16). The van der Waals surface area contributed by atoms with Gasteiger partial charge in [0.15, 0.2) is 0 Å². The molecule has 18 heavy (non-hydrogen) atoms. The third-order valence-electron chi connectivity index (χ3n) is 3.49. The Kier molecular flexibility index (Phi) is 3.37. The van der Waals surface area contributed by atoms with E-state index in [0.717, 1.165) is 5.56 Å². The Bertz CT molecular complexity index is 517. The zero-order chi connectivity index (χ0) is 13.4. The SMILES string of the molecule is C=CC1CC1(N)P(=O)(O)Cc1cccc(OC)c1. The van der Waals surface area contributed by atoms with E-state index in [4.69, 9.17) is 10.5 Å². The van der Waals surface area contributed by atoms with E-state index in [1.807, 2.05) is 0 Å². The molecule has 0 aliphatic heterocycles. The first-order valence-electron chi connectivity index (χ1n) is 5.79. The van der Waals surface area contributed by atoms with Crippen molar-refractivity contribution in [3.63, 3.8) is 0 Å². The van der Waals surface area contributed by atoms with Crippen LogP contribution in [0.5, 0.6) is 5.75 Å². The maximum atomic E-state index is 12.4. The molecule has 0 aromatic heterocycles. The van der Waals surface area contributed by atoms with Crippen molar-refractivity contribution < 1.29 is 14.2 Å². The molecule has 1 fully saturated rings. The fraction of sp³-hybridized carbons (Fsp3) is 0.385. The molecule has 0 amide bonds. The van der Waals surface area contributed by atoms with Crippen LogP contribution in [0.15, 0.2) is 36.9 Å². The Hall–Kier alpha value is -1.09. The van der Waals surface area contributed by atoms with E-state index in [1.54, 1.807) is 37.5 Å². The van der Waals surface area contributed by atoms with Crippen molar-refractivity contribution in [2.24, 2.45) is 11.7 Å². The van der Waals surface area contributed by atoms with Crippen LogP contribution < -0.4 is 10.5 Å². The number of rotatable bonds is 5. The minimum atomic E-state index is -3.44. The van der Waals surface area contributed by atoms with E-state index in [1.165, 1.54) is 0 Å². The summed E-state index contributed by atoms with van der Waals surface area (Å²) in [5.74, 6) is 0.619. The molecule has 2 rings (SSSR count). The van der Waals surface area contributed by atoms with Crippen LogP contribution in [-0.4, -0.2) is 17.3 Å². The van der Waals surface area contributed by atoms with Crippen LogP contribution in [0.1, 0.15) is 12.0 Å². The zero-order valence-electron chi connectivity index (χ0n) is 10.4. The van der Waals surface area contributed by atoms with E-state index in [9.17, 15) is 9.46 Å². The molecule has 0 spiro atoms. The normalized spacial score (nSPS) is 29.4. The van der Waals surface area contributed by atoms with Gasteiger partial charge >= 0.3 is 0 Å². The fourth-order valence-corrected chi connectivity index (χ4v) is 4.24. The van der Waals surface area contributed by atoms with Gasteiger partial charge in [0.2, 0.25) is 7.37 Å². The number of hydrogen-bond donors (Lipinski definition) is 2. The summed E-state index contributed by atoms with van der Waals surface area (Å²) in [4.78, 5) is 10.2. The average molecular weight is 267 g/mol. The van der Waals surface area contributed by atoms with Crippen molar-refractivity contribution in [1.82, 2.24) is 0 Å². The Morgan fingerprint density at radius 3 is 3.00 bits per heavy atom. The van der Waals surface area contributed by atoms with Gasteiger partial charge in [0.1, 0.15) is 11.0 Å². The maximum absolute atomic E-state index is 12.4. The van der Waals surface area contributed by atoms with Gasteiger partial charge in [-0.25, -0.2) is 0 Å². The second kappa shape index (κ2) is 4.54. The predicted molar refractivity (Wildman–Crippen MR) is 71.7 cm³/mol. The molecule has 5 heteroatoms. The molecule has 1 aliphatic rings. The number of benzene rings is 1. The van der Waals surface area contributed by atoms with Gasteiger partial charge in [-0.1, -0.05) is 18.2 Å². The second-order valence-corrected chi connectivity index (χ2v) is 7.30. The van der Waals surface area contributed by atoms with E-state index >= 15 is 0 Å². The summed E-state index contributed by atoms with van der Waals surface area (Å²) in [5.41, 5.74) is 6.75. The topological polar surface area (TPSA) is 72.6 Å². The van der Waals surface area contributed by atoms with Crippen molar-refractivity contribution in [3.8, 4) is 5.75 Å². The van der Waals surface area contributed by atoms with Crippen LogP contribution >= 0.6 is 7.37 Å². The monoisotopic (exact) mass is 267 g/mol. The van der Waals surface area contributed by atoms with Gasteiger partial charge in [-0.3, -0.25) is 4.57 Å². The lowest BCUT2D eigenvalue weighted by molar-refractivity contribution is 0.414. The Morgan fingerprint density at radius 2 is 2.44 bits per heavy atom. The first-order valence-corrected chi connectivity index (χ1v) is 7.64. The quantitative estimate of drug-likeness (QED) is 0.634. The van der Waals surface area contributed by atoms with Crippen LogP contribution in [0.2, 0.25) is 0 Å². The lowest BCUT2D eigenvalue weighted by Crippen LogP contribution is -2.25. The molecule has 0 radical (unpaired) electrons. The second-order valence-electron chi connectivity index (χ2n) is 4.75. The molecule has 0 saturated heterocycles. The van der Waals surface area contributed by atoms with Crippen LogP contribution in [-0.2, 0) is 10.7 Å². The molecule has 98 valence electrons. The van der Waals surface area contributed by atoms with Crippen LogP contribution in [0, 0.1) is 5.92 Å². The van der Waals surface area contributed by atoms with Crippen molar-refractivity contribution in [2.75, 3.05) is 7.11 Å². The highest BCUT2D eigenvalue weighted by molar-refractivity contribution is 7.59. The first-order chi connectivity index (χ1) is 8.43. The molecule has 3 atom stereocenters. The molecule has 1 saturated carbocycles. The molecule has 0 bridgehead atoms. The minimum absolute atomic E-state index is 0.0565. The highest BCUT2D eigenvalue weighted by atomic mass is 31.2. The number of nitrogens with two attached hydrogens (primary N) is 1. The third-order valence-corrected chi connectivity index (χ3v) is 6.10. The van der Waals surface area contributed by atoms with Gasteiger partial charge in [0.05, 0.1) is 13.3 Å².